The molecule has 0 bridgehead atoms. The van der Waals surface area contributed by atoms with E-state index in [0.29, 0.717) is 6.54 Å². The second-order valence-corrected chi connectivity index (χ2v) is 8.91. The summed E-state index contributed by atoms with van der Waals surface area (Å²) in [6.45, 7) is 8.59. The summed E-state index contributed by atoms with van der Waals surface area (Å²) in [6, 6.07) is 15.4. The number of β-amino-alcohol motifs (C(OH)–C–C–N with tert-alkyl or cyclic N) is 1. The zero-order valence-corrected chi connectivity index (χ0v) is 18.0. The first-order valence-corrected chi connectivity index (χ1v) is 11.4. The van der Waals surface area contributed by atoms with Crippen LogP contribution in [0.1, 0.15) is 35.4 Å². The van der Waals surface area contributed by atoms with Crippen molar-refractivity contribution in [1.29, 1.82) is 0 Å². The van der Waals surface area contributed by atoms with Crippen molar-refractivity contribution in [3.63, 3.8) is 0 Å². The van der Waals surface area contributed by atoms with Crippen molar-refractivity contribution >= 4 is 23.5 Å². The van der Waals surface area contributed by atoms with Gasteiger partial charge < -0.3 is 15.3 Å². The Hall–Kier alpha value is -2.82. The van der Waals surface area contributed by atoms with Crippen molar-refractivity contribution in [2.75, 3.05) is 42.9 Å². The van der Waals surface area contributed by atoms with Gasteiger partial charge in [-0.25, -0.2) is 0 Å². The summed E-state index contributed by atoms with van der Waals surface area (Å²) >= 11 is 0. The Labute approximate surface area is 185 Å². The fourth-order valence-electron chi connectivity index (χ4n) is 4.45. The van der Waals surface area contributed by atoms with E-state index in [0.717, 1.165) is 54.6 Å². The van der Waals surface area contributed by atoms with Gasteiger partial charge in [0.05, 0.1) is 6.10 Å². The molecule has 1 aliphatic carbocycles. The summed E-state index contributed by atoms with van der Waals surface area (Å²) in [6.07, 6.45) is 10.2. The Bertz CT molecular complexity index is 996. The molecule has 0 unspecified atom stereocenters. The normalized spacial score (nSPS) is 20.0. The molecule has 2 fully saturated rings. The van der Waals surface area contributed by atoms with Crippen LogP contribution in [0.3, 0.4) is 0 Å². The van der Waals surface area contributed by atoms with Gasteiger partial charge in [0.25, 0.3) is 0 Å². The van der Waals surface area contributed by atoms with E-state index >= 15 is 0 Å². The molecule has 4 heteroatoms. The van der Waals surface area contributed by atoms with E-state index in [9.17, 15) is 5.11 Å². The summed E-state index contributed by atoms with van der Waals surface area (Å²) < 4.78 is 0. The fourth-order valence-corrected chi connectivity index (χ4v) is 4.45. The molecule has 2 aromatic rings. The largest absolute Gasteiger partial charge is 0.388 e. The van der Waals surface area contributed by atoms with Crippen LogP contribution in [0.25, 0.3) is 12.2 Å². The summed E-state index contributed by atoms with van der Waals surface area (Å²) in [4.78, 5) is 4.81. The van der Waals surface area contributed by atoms with Gasteiger partial charge in [-0.3, -0.25) is 4.90 Å². The van der Waals surface area contributed by atoms with Gasteiger partial charge in [0.15, 0.2) is 0 Å². The minimum Gasteiger partial charge on any atom is -0.388 e. The van der Waals surface area contributed by atoms with Crippen molar-refractivity contribution in [1.82, 2.24) is 4.90 Å². The lowest BCUT2D eigenvalue weighted by Gasteiger charge is -2.36. The molecule has 31 heavy (non-hydrogen) atoms. The van der Waals surface area contributed by atoms with E-state index in [1.54, 1.807) is 0 Å². The molecule has 0 amide bonds. The smallest absolute Gasteiger partial charge is 0.0851 e. The number of piperazine rings is 1. The first-order valence-electron chi connectivity index (χ1n) is 11.4. The Balaban J connectivity index is 1.11. The quantitative estimate of drug-likeness (QED) is 0.719. The maximum atomic E-state index is 10.5. The Morgan fingerprint density at radius 3 is 2.55 bits per heavy atom. The van der Waals surface area contributed by atoms with Crippen molar-refractivity contribution in [3.05, 3.63) is 83.6 Å². The number of anilines is 2. The van der Waals surface area contributed by atoms with E-state index in [4.69, 9.17) is 0 Å². The van der Waals surface area contributed by atoms with E-state index in [1.165, 1.54) is 24.1 Å². The average molecular weight is 414 g/mol. The highest BCUT2D eigenvalue weighted by Crippen LogP contribution is 2.40. The Morgan fingerprint density at radius 1 is 1.03 bits per heavy atom. The first kappa shape index (κ1) is 20.1. The highest BCUT2D eigenvalue weighted by Gasteiger charge is 2.24. The van der Waals surface area contributed by atoms with Crippen LogP contribution >= 0.6 is 0 Å². The van der Waals surface area contributed by atoms with Gasteiger partial charge in [-0.15, -0.1) is 0 Å². The van der Waals surface area contributed by atoms with Crippen molar-refractivity contribution in [3.8, 4) is 0 Å². The Kier molecular flexibility index (Phi) is 5.66. The molecule has 1 saturated carbocycles. The van der Waals surface area contributed by atoms with Gasteiger partial charge in [0.2, 0.25) is 0 Å². The minimum absolute atomic E-state index is 0.464. The third-order valence-electron chi connectivity index (χ3n) is 6.47. The molecule has 0 spiro atoms. The predicted molar refractivity (Wildman–Crippen MR) is 130 cm³/mol. The SMILES string of the molecule is C=C1C=Cc2cc(/C=C/[C@H](O)CN3CCN(c4ccc(C5CC5)cc4)CC3)ccc2N1. The number of nitrogens with zero attached hydrogens (tertiary/aromatic N) is 2. The van der Waals surface area contributed by atoms with Crippen LogP contribution in [-0.2, 0) is 0 Å². The van der Waals surface area contributed by atoms with Gasteiger partial charge in [0.1, 0.15) is 0 Å². The van der Waals surface area contributed by atoms with Crippen LogP contribution in [0.2, 0.25) is 0 Å². The zero-order valence-electron chi connectivity index (χ0n) is 18.0. The number of nitrogens with one attached hydrogen (secondary N) is 1. The van der Waals surface area contributed by atoms with E-state index in [2.05, 4.69) is 70.2 Å². The number of hydrogen-bond acceptors (Lipinski definition) is 4. The molecule has 2 aliphatic heterocycles. The van der Waals surface area contributed by atoms with Gasteiger partial charge in [-0.1, -0.05) is 43.0 Å². The topological polar surface area (TPSA) is 38.7 Å². The molecule has 1 atom stereocenters. The Morgan fingerprint density at radius 2 is 1.81 bits per heavy atom. The molecular formula is C27H31N3O. The molecule has 160 valence electrons. The fraction of sp³-hybridized carbons (Fsp3) is 0.333. The first-order chi connectivity index (χ1) is 15.1. The number of benzene rings is 2. The number of aliphatic hydroxyl groups excluding tert-OH is 1. The van der Waals surface area contributed by atoms with Gasteiger partial charge in [-0.2, -0.15) is 0 Å². The van der Waals surface area contributed by atoms with Crippen LogP contribution in [0.15, 0.2) is 66.9 Å². The molecule has 1 saturated heterocycles. The van der Waals surface area contributed by atoms with Crippen LogP contribution in [0, 0.1) is 0 Å². The van der Waals surface area contributed by atoms with Crippen LogP contribution < -0.4 is 10.2 Å². The van der Waals surface area contributed by atoms with Crippen LogP contribution in [0.5, 0.6) is 0 Å². The lowest BCUT2D eigenvalue weighted by atomic mass is 10.0. The van der Waals surface area contributed by atoms with E-state index < -0.39 is 6.10 Å². The molecule has 2 aromatic carbocycles. The highest BCUT2D eigenvalue weighted by atomic mass is 16.3. The average Bonchev–Trinajstić information content (AvgIpc) is 3.64. The highest BCUT2D eigenvalue weighted by molar-refractivity contribution is 5.76. The number of hydrogen-bond donors (Lipinski definition) is 2. The molecule has 0 radical (unpaired) electrons. The van der Waals surface area contributed by atoms with Crippen LogP contribution in [-0.4, -0.2) is 48.8 Å². The lowest BCUT2D eigenvalue weighted by molar-refractivity contribution is 0.142. The number of rotatable bonds is 6. The molecule has 3 aliphatic rings. The maximum Gasteiger partial charge on any atom is 0.0851 e. The minimum atomic E-state index is -0.464. The summed E-state index contributed by atoms with van der Waals surface area (Å²) in [5, 5.41) is 13.8. The zero-order chi connectivity index (χ0) is 21.2. The van der Waals surface area contributed by atoms with E-state index in [-0.39, 0.29) is 0 Å². The molecular weight excluding hydrogens is 382 g/mol. The monoisotopic (exact) mass is 413 g/mol. The molecule has 0 aromatic heterocycles. The summed E-state index contributed by atoms with van der Waals surface area (Å²) in [5.41, 5.74) is 7.03. The molecule has 4 nitrogen and oxygen atoms in total. The molecule has 2 heterocycles. The second-order valence-electron chi connectivity index (χ2n) is 8.91. The number of aliphatic hydroxyl groups is 1. The lowest BCUT2D eigenvalue weighted by Crippen LogP contribution is -2.48. The number of allylic oxidation sites excluding steroid dienone is 1. The van der Waals surface area contributed by atoms with Crippen molar-refractivity contribution < 1.29 is 5.11 Å². The number of fused-ring (bicyclic) bond motifs is 1. The van der Waals surface area contributed by atoms with E-state index in [1.807, 2.05) is 18.2 Å². The molecule has 2 N–H and O–H groups in total. The maximum absolute atomic E-state index is 10.5. The standard InChI is InChI=1S/C27H31N3O/c1-20-2-5-24-18-21(4-13-27(24)28-20)3-12-26(31)19-29-14-16-30(17-15-29)25-10-8-23(9-11-25)22-6-7-22/h2-5,8-13,18,22,26,28,31H,1,6-7,14-17,19H2/b12-3+/t26-/m0/s1. The van der Waals surface area contributed by atoms with Gasteiger partial charge in [-0.05, 0) is 65.8 Å². The summed E-state index contributed by atoms with van der Waals surface area (Å²) in [5.74, 6) is 0.815. The predicted octanol–water partition coefficient (Wildman–Crippen LogP) is 4.71. The third kappa shape index (κ3) is 4.92. The molecule has 5 rings (SSSR count). The van der Waals surface area contributed by atoms with Crippen molar-refractivity contribution in [2.45, 2.75) is 24.9 Å². The van der Waals surface area contributed by atoms with Crippen molar-refractivity contribution in [2.24, 2.45) is 0 Å². The second kappa shape index (κ2) is 8.74. The summed E-state index contributed by atoms with van der Waals surface area (Å²) in [7, 11) is 0. The third-order valence-corrected chi connectivity index (χ3v) is 6.47. The van der Waals surface area contributed by atoms with Crippen LogP contribution in [0.4, 0.5) is 11.4 Å². The van der Waals surface area contributed by atoms with Gasteiger partial charge >= 0.3 is 0 Å². The van der Waals surface area contributed by atoms with Gasteiger partial charge in [0, 0.05) is 49.8 Å².